The minimum atomic E-state index is 0.542. The Morgan fingerprint density at radius 2 is 1.86 bits per heavy atom. The Bertz CT molecular complexity index is 1080. The summed E-state index contributed by atoms with van der Waals surface area (Å²) in [6.07, 6.45) is 2.42. The standard InChI is InChI=1S/C28H38N4O3/c1-22-11-12-23(21-34-26-9-5-3-7-24(26)20-31-15-17-33-18-16-31)19-32(22)14-13-30(2)28-25-8-4-6-10-27(25)35-29-28/h3-10,22-23H,11-21H2,1-2H3/t22-,23+/m1/s1. The van der Waals surface area contributed by atoms with Gasteiger partial charge in [0.2, 0.25) is 0 Å². The third-order valence-electron chi connectivity index (χ3n) is 7.50. The molecule has 0 unspecified atom stereocenters. The molecule has 1 aromatic heterocycles. The highest BCUT2D eigenvalue weighted by atomic mass is 16.5. The van der Waals surface area contributed by atoms with Gasteiger partial charge in [-0.05, 0) is 38.0 Å². The van der Waals surface area contributed by atoms with E-state index < -0.39 is 0 Å². The highest BCUT2D eigenvalue weighted by molar-refractivity contribution is 5.88. The fourth-order valence-electron chi connectivity index (χ4n) is 5.23. The lowest BCUT2D eigenvalue weighted by Gasteiger charge is -2.38. The first-order valence-corrected chi connectivity index (χ1v) is 13.0. The minimum absolute atomic E-state index is 0.542. The first-order valence-electron chi connectivity index (χ1n) is 13.0. The van der Waals surface area contributed by atoms with Crippen LogP contribution in [0, 0.1) is 5.92 Å². The first-order chi connectivity index (χ1) is 17.2. The van der Waals surface area contributed by atoms with E-state index in [2.05, 4.69) is 64.2 Å². The summed E-state index contributed by atoms with van der Waals surface area (Å²) in [5.41, 5.74) is 2.11. The van der Waals surface area contributed by atoms with Crippen molar-refractivity contribution in [3.8, 4) is 5.75 Å². The zero-order valence-electron chi connectivity index (χ0n) is 21.1. The maximum Gasteiger partial charge on any atom is 0.179 e. The summed E-state index contributed by atoms with van der Waals surface area (Å²) >= 11 is 0. The van der Waals surface area contributed by atoms with Gasteiger partial charge in [-0.15, -0.1) is 0 Å². The largest absolute Gasteiger partial charge is 0.493 e. The van der Waals surface area contributed by atoms with E-state index in [1.165, 1.54) is 18.4 Å². The van der Waals surface area contributed by atoms with Crippen LogP contribution in [-0.4, -0.2) is 80.6 Å². The Hall–Kier alpha value is -2.61. The Balaban J connectivity index is 1.14. The summed E-state index contributed by atoms with van der Waals surface area (Å²) < 4.78 is 17.4. The fraction of sp³-hybridized carbons (Fsp3) is 0.536. The lowest BCUT2D eigenvalue weighted by Crippen LogP contribution is -2.46. The third kappa shape index (κ3) is 5.97. The highest BCUT2D eigenvalue weighted by Crippen LogP contribution is 2.27. The zero-order chi connectivity index (χ0) is 24.0. The average Bonchev–Trinajstić information content (AvgIpc) is 3.33. The molecule has 35 heavy (non-hydrogen) atoms. The molecule has 2 aromatic carbocycles. The van der Waals surface area contributed by atoms with Crippen molar-refractivity contribution in [3.63, 3.8) is 0 Å². The van der Waals surface area contributed by atoms with Gasteiger partial charge < -0.3 is 18.9 Å². The molecule has 0 aliphatic carbocycles. The fourth-order valence-corrected chi connectivity index (χ4v) is 5.23. The van der Waals surface area contributed by atoms with Gasteiger partial charge in [0, 0.05) is 63.8 Å². The van der Waals surface area contributed by atoms with E-state index in [1.807, 2.05) is 18.2 Å². The van der Waals surface area contributed by atoms with Crippen molar-refractivity contribution in [2.24, 2.45) is 5.92 Å². The number of fused-ring (bicyclic) bond motifs is 1. The zero-order valence-corrected chi connectivity index (χ0v) is 21.1. The van der Waals surface area contributed by atoms with Gasteiger partial charge in [-0.1, -0.05) is 35.5 Å². The predicted molar refractivity (Wildman–Crippen MR) is 139 cm³/mol. The summed E-state index contributed by atoms with van der Waals surface area (Å²) in [6.45, 7) is 10.6. The molecule has 2 aliphatic heterocycles. The van der Waals surface area contributed by atoms with Gasteiger partial charge in [0.1, 0.15) is 5.75 Å². The number of para-hydroxylation sites is 2. The Kier molecular flexibility index (Phi) is 7.86. The number of ether oxygens (including phenoxy) is 2. The number of nitrogens with zero attached hydrogens (tertiary/aromatic N) is 4. The van der Waals surface area contributed by atoms with Gasteiger partial charge in [-0.3, -0.25) is 9.80 Å². The molecule has 5 rings (SSSR count). The molecule has 7 heteroatoms. The van der Waals surface area contributed by atoms with Crippen LogP contribution in [0.4, 0.5) is 5.82 Å². The van der Waals surface area contributed by atoms with Crippen molar-refractivity contribution in [2.45, 2.75) is 32.4 Å². The normalized spacial score (nSPS) is 21.9. The second-order valence-corrected chi connectivity index (χ2v) is 10.0. The summed E-state index contributed by atoms with van der Waals surface area (Å²) in [5.74, 6) is 2.49. The molecule has 2 fully saturated rings. The molecule has 3 heterocycles. The monoisotopic (exact) mass is 478 g/mol. The van der Waals surface area contributed by atoms with Gasteiger partial charge in [0.25, 0.3) is 0 Å². The number of likely N-dealkylation sites (tertiary alicyclic amines) is 1. The van der Waals surface area contributed by atoms with Crippen molar-refractivity contribution in [1.82, 2.24) is 15.0 Å². The molecule has 0 N–H and O–H groups in total. The molecular formula is C28H38N4O3. The lowest BCUT2D eigenvalue weighted by atomic mass is 9.94. The van der Waals surface area contributed by atoms with Gasteiger partial charge >= 0.3 is 0 Å². The molecule has 0 spiro atoms. The molecule has 0 amide bonds. The number of likely N-dealkylation sites (N-methyl/N-ethyl adjacent to an activating group) is 1. The maximum atomic E-state index is 6.42. The van der Waals surface area contributed by atoms with E-state index in [1.54, 1.807) is 0 Å². The number of anilines is 1. The summed E-state index contributed by atoms with van der Waals surface area (Å²) in [7, 11) is 2.10. The van der Waals surface area contributed by atoms with E-state index in [0.29, 0.717) is 12.0 Å². The van der Waals surface area contributed by atoms with E-state index in [9.17, 15) is 0 Å². The number of rotatable bonds is 9. The van der Waals surface area contributed by atoms with Crippen molar-refractivity contribution < 1.29 is 14.0 Å². The number of benzene rings is 2. The van der Waals surface area contributed by atoms with Crippen LogP contribution in [0.5, 0.6) is 5.75 Å². The maximum absolute atomic E-state index is 6.42. The summed E-state index contributed by atoms with van der Waals surface area (Å²) in [6, 6.07) is 17.2. The average molecular weight is 479 g/mol. The van der Waals surface area contributed by atoms with E-state index >= 15 is 0 Å². The number of hydrogen-bond acceptors (Lipinski definition) is 7. The molecule has 2 aliphatic rings. The molecule has 0 bridgehead atoms. The van der Waals surface area contributed by atoms with Gasteiger partial charge in [0.15, 0.2) is 11.4 Å². The second-order valence-electron chi connectivity index (χ2n) is 10.0. The quantitative estimate of drug-likeness (QED) is 0.455. The van der Waals surface area contributed by atoms with Crippen LogP contribution in [0.25, 0.3) is 11.0 Å². The highest BCUT2D eigenvalue weighted by Gasteiger charge is 2.26. The van der Waals surface area contributed by atoms with E-state index in [0.717, 1.165) is 81.6 Å². The lowest BCUT2D eigenvalue weighted by molar-refractivity contribution is 0.0335. The Morgan fingerprint density at radius 1 is 1.06 bits per heavy atom. The van der Waals surface area contributed by atoms with Crippen LogP contribution in [-0.2, 0) is 11.3 Å². The molecule has 188 valence electrons. The van der Waals surface area contributed by atoms with Crippen LogP contribution in [0.2, 0.25) is 0 Å². The molecule has 0 radical (unpaired) electrons. The van der Waals surface area contributed by atoms with Crippen molar-refractivity contribution in [1.29, 1.82) is 0 Å². The minimum Gasteiger partial charge on any atom is -0.493 e. The molecular weight excluding hydrogens is 440 g/mol. The van der Waals surface area contributed by atoms with Crippen LogP contribution >= 0.6 is 0 Å². The number of aromatic nitrogens is 1. The topological polar surface area (TPSA) is 54.2 Å². The molecule has 2 saturated heterocycles. The smallest absolute Gasteiger partial charge is 0.179 e. The first kappa shape index (κ1) is 24.1. The van der Waals surface area contributed by atoms with Crippen molar-refractivity contribution >= 4 is 16.8 Å². The summed E-state index contributed by atoms with van der Waals surface area (Å²) in [5, 5.41) is 5.38. The van der Waals surface area contributed by atoms with Crippen LogP contribution in [0.15, 0.2) is 53.1 Å². The van der Waals surface area contributed by atoms with Crippen LogP contribution in [0.3, 0.4) is 0 Å². The third-order valence-corrected chi connectivity index (χ3v) is 7.50. The molecule has 2 atom stereocenters. The molecule has 7 nitrogen and oxygen atoms in total. The predicted octanol–water partition coefficient (Wildman–Crippen LogP) is 4.28. The Labute approximate surface area is 208 Å². The summed E-state index contributed by atoms with van der Waals surface area (Å²) in [4.78, 5) is 7.26. The SMILES string of the molecule is C[C@@H]1CC[C@H](COc2ccccc2CN2CCOCC2)CN1CCN(C)c1noc2ccccc12. The Morgan fingerprint density at radius 3 is 2.74 bits per heavy atom. The van der Waals surface area contributed by atoms with Crippen LogP contribution < -0.4 is 9.64 Å². The van der Waals surface area contributed by atoms with Crippen LogP contribution in [0.1, 0.15) is 25.3 Å². The van der Waals surface area contributed by atoms with E-state index in [-0.39, 0.29) is 0 Å². The van der Waals surface area contributed by atoms with Gasteiger partial charge in [0.05, 0.1) is 25.2 Å². The number of piperidine rings is 1. The molecule has 0 saturated carbocycles. The van der Waals surface area contributed by atoms with Crippen molar-refractivity contribution in [3.05, 3.63) is 54.1 Å². The number of morpholine rings is 1. The second kappa shape index (κ2) is 11.4. The van der Waals surface area contributed by atoms with Gasteiger partial charge in [-0.2, -0.15) is 0 Å². The molecule has 3 aromatic rings. The van der Waals surface area contributed by atoms with Gasteiger partial charge in [-0.25, -0.2) is 0 Å². The number of hydrogen-bond donors (Lipinski definition) is 0. The van der Waals surface area contributed by atoms with E-state index in [4.69, 9.17) is 14.0 Å². The van der Waals surface area contributed by atoms with Crippen molar-refractivity contribution in [2.75, 3.05) is 64.5 Å².